The van der Waals surface area contributed by atoms with Gasteiger partial charge in [0.1, 0.15) is 6.61 Å². The molecule has 0 bridgehead atoms. The zero-order valence-electron chi connectivity index (χ0n) is 35.6. The smallest absolute Gasteiger partial charge is 0.462 e. The predicted octanol–water partition coefficient (Wildman–Crippen LogP) is 12.5. The summed E-state index contributed by atoms with van der Waals surface area (Å²) in [7, 11) is -2.68. The second-order valence-corrected chi connectivity index (χ2v) is 15.6. The van der Waals surface area contributed by atoms with Crippen LogP contribution in [0.4, 0.5) is 0 Å². The Morgan fingerprint density at radius 2 is 1.00 bits per heavy atom. The summed E-state index contributed by atoms with van der Waals surface area (Å²) >= 11 is 0. The van der Waals surface area contributed by atoms with Crippen LogP contribution >= 0.6 is 7.82 Å². The molecule has 0 amide bonds. The molecule has 0 aromatic heterocycles. The lowest BCUT2D eigenvalue weighted by atomic mass is 10.1. The van der Waals surface area contributed by atoms with Gasteiger partial charge < -0.3 is 19.7 Å². The summed E-state index contributed by atoms with van der Waals surface area (Å²) in [6.07, 6.45) is 49.6. The number of rotatable bonds is 40. The predicted molar refractivity (Wildman–Crippen MR) is 233 cm³/mol. The number of likely N-dealkylation sites (N-methyl/N-ethyl adjacent to an activating group) is 1. The van der Waals surface area contributed by atoms with Crippen LogP contribution in [0, 0.1) is 0 Å². The Bertz CT molecular complexity index is 1150. The zero-order valence-corrected chi connectivity index (χ0v) is 36.5. The third kappa shape index (κ3) is 41.1. The van der Waals surface area contributed by atoms with E-state index >= 15 is 0 Å². The minimum atomic E-state index is -4.37. The van der Waals surface area contributed by atoms with E-state index in [4.69, 9.17) is 18.5 Å². The second kappa shape index (κ2) is 42.1. The summed E-state index contributed by atoms with van der Waals surface area (Å²) in [4.78, 5) is 35.0. The van der Waals surface area contributed by atoms with Crippen molar-refractivity contribution in [2.45, 2.75) is 174 Å². The Kier molecular flexibility index (Phi) is 40.2. The summed E-state index contributed by atoms with van der Waals surface area (Å²) in [6.45, 7) is 4.08. The van der Waals surface area contributed by atoms with E-state index in [9.17, 15) is 19.0 Å². The summed E-state index contributed by atoms with van der Waals surface area (Å²) < 4.78 is 33.1. The van der Waals surface area contributed by atoms with Crippen molar-refractivity contribution >= 4 is 19.8 Å². The van der Waals surface area contributed by atoms with E-state index in [0.29, 0.717) is 13.0 Å². The maximum Gasteiger partial charge on any atom is 0.472 e. The molecule has 2 N–H and O–H groups in total. The number of hydrogen-bond acceptors (Lipinski definition) is 8. The van der Waals surface area contributed by atoms with Gasteiger partial charge in [-0.2, -0.15) is 0 Å². The number of hydrogen-bond donors (Lipinski definition) is 2. The first-order valence-corrected chi connectivity index (χ1v) is 23.4. The Labute approximate surface area is 342 Å². The molecule has 0 fully saturated rings. The van der Waals surface area contributed by atoms with Crippen LogP contribution in [0.2, 0.25) is 0 Å². The van der Waals surface area contributed by atoms with Gasteiger partial charge in [-0.05, 0) is 84.1 Å². The molecule has 10 heteroatoms. The molecule has 0 heterocycles. The van der Waals surface area contributed by atoms with E-state index < -0.39 is 32.5 Å². The van der Waals surface area contributed by atoms with E-state index in [0.717, 1.165) is 57.8 Å². The third-order valence-corrected chi connectivity index (χ3v) is 9.80. The van der Waals surface area contributed by atoms with Crippen molar-refractivity contribution < 1.29 is 37.6 Å². The van der Waals surface area contributed by atoms with Crippen LogP contribution in [-0.4, -0.2) is 56.3 Å². The standard InChI is InChI=1S/C46H80NO8P/c1-4-6-8-10-12-14-16-18-20-21-22-23-25-27-29-31-33-35-37-39-46(49)55-44(43-54-56(50,51)53-41-40-47-3)42-52-45(48)38-36-34-32-30-28-26-24-19-17-15-13-11-9-7-5-2/h12,14-15,17-18,20,22-23,27,29,33,35,44,47H,4-11,13,16,19,21,24-26,28,30-32,34,36-43H2,1-3H3,(H,50,51)/b14-12-,17-15-,20-18-,23-22-,29-27-,35-33-. The first-order valence-electron chi connectivity index (χ1n) is 21.9. The molecule has 56 heavy (non-hydrogen) atoms. The highest BCUT2D eigenvalue weighted by Crippen LogP contribution is 2.43. The quantitative estimate of drug-likeness (QED) is 0.0270. The van der Waals surface area contributed by atoms with Gasteiger partial charge in [0.25, 0.3) is 0 Å². The van der Waals surface area contributed by atoms with Crippen LogP contribution in [-0.2, 0) is 32.7 Å². The van der Waals surface area contributed by atoms with Gasteiger partial charge in [0.15, 0.2) is 6.10 Å². The van der Waals surface area contributed by atoms with E-state index in [-0.39, 0.29) is 26.1 Å². The van der Waals surface area contributed by atoms with Crippen LogP contribution in [0.3, 0.4) is 0 Å². The minimum Gasteiger partial charge on any atom is -0.462 e. The van der Waals surface area contributed by atoms with Crippen LogP contribution < -0.4 is 5.32 Å². The molecule has 0 saturated heterocycles. The monoisotopic (exact) mass is 806 g/mol. The minimum absolute atomic E-state index is 0.0340. The molecule has 0 rings (SSSR count). The normalized spacial score (nSPS) is 14.0. The van der Waals surface area contributed by atoms with E-state index in [1.807, 2.05) is 12.2 Å². The van der Waals surface area contributed by atoms with Crippen LogP contribution in [0.1, 0.15) is 168 Å². The van der Waals surface area contributed by atoms with Crippen molar-refractivity contribution in [3.63, 3.8) is 0 Å². The van der Waals surface area contributed by atoms with Crippen molar-refractivity contribution in [2.24, 2.45) is 0 Å². The SMILES string of the molecule is CCCCC/C=C\C/C=C\C/C=C\C/C=C\C/C=C\CCC(=O)OC(COC(=O)CCCCCCCCC/C=C\CCCCCC)COP(=O)(O)OCCNC. The molecule has 0 aliphatic rings. The molecule has 0 spiro atoms. The fourth-order valence-electron chi connectivity index (χ4n) is 5.47. The van der Waals surface area contributed by atoms with E-state index in [1.54, 1.807) is 7.05 Å². The first kappa shape index (κ1) is 53.5. The number of unbranched alkanes of at least 4 members (excludes halogenated alkanes) is 14. The molecular weight excluding hydrogens is 725 g/mol. The lowest BCUT2D eigenvalue weighted by Crippen LogP contribution is -2.29. The largest absolute Gasteiger partial charge is 0.472 e. The number of nitrogens with one attached hydrogen (secondary N) is 1. The molecule has 9 nitrogen and oxygen atoms in total. The Morgan fingerprint density at radius 1 is 0.554 bits per heavy atom. The van der Waals surface area contributed by atoms with Crippen LogP contribution in [0.5, 0.6) is 0 Å². The molecule has 2 unspecified atom stereocenters. The molecule has 0 saturated carbocycles. The Hall–Kier alpha value is -2.55. The van der Waals surface area contributed by atoms with E-state index in [2.05, 4.69) is 79.9 Å². The molecule has 0 aliphatic heterocycles. The van der Waals surface area contributed by atoms with Gasteiger partial charge >= 0.3 is 19.8 Å². The van der Waals surface area contributed by atoms with Gasteiger partial charge in [-0.25, -0.2) is 4.57 Å². The zero-order chi connectivity index (χ0) is 41.1. The van der Waals surface area contributed by atoms with Crippen LogP contribution in [0.25, 0.3) is 0 Å². The van der Waals surface area contributed by atoms with E-state index in [1.165, 1.54) is 77.0 Å². The van der Waals surface area contributed by atoms with Crippen LogP contribution in [0.15, 0.2) is 72.9 Å². The lowest BCUT2D eigenvalue weighted by molar-refractivity contribution is -0.161. The van der Waals surface area contributed by atoms with Crippen molar-refractivity contribution in [2.75, 3.05) is 33.4 Å². The highest BCUT2D eigenvalue weighted by molar-refractivity contribution is 7.47. The number of esters is 2. The number of allylic oxidation sites excluding steroid dienone is 12. The number of carbonyl (C=O) groups is 2. The number of ether oxygens (including phenoxy) is 2. The fraction of sp³-hybridized carbons (Fsp3) is 0.696. The summed E-state index contributed by atoms with van der Waals surface area (Å²) in [5.74, 6) is -0.913. The fourth-order valence-corrected chi connectivity index (χ4v) is 6.22. The highest BCUT2D eigenvalue weighted by atomic mass is 31.2. The lowest BCUT2D eigenvalue weighted by Gasteiger charge is -2.19. The molecule has 0 radical (unpaired) electrons. The van der Waals surface area contributed by atoms with Gasteiger partial charge in [-0.3, -0.25) is 18.6 Å². The van der Waals surface area contributed by atoms with Crippen molar-refractivity contribution in [3.05, 3.63) is 72.9 Å². The van der Waals surface area contributed by atoms with Gasteiger partial charge in [-0.15, -0.1) is 0 Å². The summed E-state index contributed by atoms with van der Waals surface area (Å²) in [5, 5.41) is 2.81. The summed E-state index contributed by atoms with van der Waals surface area (Å²) in [6, 6.07) is 0. The molecule has 0 aromatic carbocycles. The Balaban J connectivity index is 4.37. The maximum atomic E-state index is 12.6. The number of carbonyl (C=O) groups excluding carboxylic acids is 2. The topological polar surface area (TPSA) is 120 Å². The first-order chi connectivity index (χ1) is 27.3. The van der Waals surface area contributed by atoms with Crippen molar-refractivity contribution in [3.8, 4) is 0 Å². The highest BCUT2D eigenvalue weighted by Gasteiger charge is 2.26. The molecule has 0 aliphatic carbocycles. The van der Waals surface area contributed by atoms with Crippen molar-refractivity contribution in [1.82, 2.24) is 5.32 Å². The average molecular weight is 806 g/mol. The average Bonchev–Trinajstić information content (AvgIpc) is 3.18. The summed E-state index contributed by atoms with van der Waals surface area (Å²) in [5.41, 5.74) is 0. The molecule has 0 aromatic rings. The maximum absolute atomic E-state index is 12.6. The van der Waals surface area contributed by atoms with Gasteiger partial charge in [0, 0.05) is 19.4 Å². The molecule has 322 valence electrons. The van der Waals surface area contributed by atoms with Gasteiger partial charge in [-0.1, -0.05) is 151 Å². The number of phosphoric ester groups is 1. The van der Waals surface area contributed by atoms with Crippen molar-refractivity contribution in [1.29, 1.82) is 0 Å². The molecule has 2 atom stereocenters. The Morgan fingerprint density at radius 3 is 1.55 bits per heavy atom. The van der Waals surface area contributed by atoms with Gasteiger partial charge in [0.2, 0.25) is 0 Å². The third-order valence-electron chi connectivity index (χ3n) is 8.81. The second-order valence-electron chi connectivity index (χ2n) is 14.2. The number of phosphoric acid groups is 1. The van der Waals surface area contributed by atoms with Gasteiger partial charge in [0.05, 0.1) is 13.2 Å². The molecular formula is C46H80NO8P.